The van der Waals surface area contributed by atoms with Crippen molar-refractivity contribution in [3.8, 4) is 0 Å². The van der Waals surface area contributed by atoms with Crippen LogP contribution in [0.1, 0.15) is 53.0 Å². The molecule has 13 heteroatoms. The lowest BCUT2D eigenvalue weighted by Crippen LogP contribution is -2.42. The number of rotatable bonds is 7. The van der Waals surface area contributed by atoms with Gasteiger partial charge in [0.2, 0.25) is 5.28 Å². The van der Waals surface area contributed by atoms with E-state index in [0.29, 0.717) is 5.76 Å². The van der Waals surface area contributed by atoms with Gasteiger partial charge < -0.3 is 29.3 Å². The summed E-state index contributed by atoms with van der Waals surface area (Å²) < 4.78 is 31.9. The molecule has 0 saturated heterocycles. The molecule has 0 saturated carbocycles. The van der Waals surface area contributed by atoms with Crippen LogP contribution in [-0.2, 0) is 22.4 Å². The molecule has 0 aliphatic rings. The zero-order valence-corrected chi connectivity index (χ0v) is 22.3. The van der Waals surface area contributed by atoms with Gasteiger partial charge in [-0.25, -0.2) is 14.0 Å². The first-order chi connectivity index (χ1) is 17.2. The minimum atomic E-state index is -0.880. The van der Waals surface area contributed by atoms with Crippen molar-refractivity contribution in [3.63, 3.8) is 0 Å². The molecule has 0 bridgehead atoms. The van der Waals surface area contributed by atoms with Crippen molar-refractivity contribution in [2.24, 2.45) is 0 Å². The van der Waals surface area contributed by atoms with Crippen LogP contribution in [-0.4, -0.2) is 56.1 Å². The molecule has 3 rings (SSSR count). The zero-order valence-electron chi connectivity index (χ0n) is 21.5. The number of nitrogens with one attached hydrogen (secondary N) is 2. The molecule has 3 N–H and O–H groups in total. The number of nitrogens with zero attached hydrogens (tertiary/aromatic N) is 3. The summed E-state index contributed by atoms with van der Waals surface area (Å²) >= 11 is 6.13. The van der Waals surface area contributed by atoms with Gasteiger partial charge in [0.1, 0.15) is 22.6 Å². The van der Waals surface area contributed by atoms with Crippen molar-refractivity contribution < 1.29 is 33.0 Å². The lowest BCUT2D eigenvalue weighted by Gasteiger charge is -2.26. The fourth-order valence-electron chi connectivity index (χ4n) is 3.38. The number of H-pyrrole nitrogens is 1. The van der Waals surface area contributed by atoms with Crippen LogP contribution in [0.3, 0.4) is 0 Å². The minimum Gasteiger partial charge on any atom is -0.467 e. The van der Waals surface area contributed by atoms with Crippen LogP contribution in [0.15, 0.2) is 22.8 Å². The molecule has 3 aromatic heterocycles. The molecular formula is C24H31ClFN5O6. The molecule has 0 aliphatic carbocycles. The number of amides is 2. The van der Waals surface area contributed by atoms with Gasteiger partial charge in [0.15, 0.2) is 11.6 Å². The van der Waals surface area contributed by atoms with Crippen LogP contribution in [0.2, 0.25) is 5.28 Å². The standard InChI is InChI=1S/C24H31ClFN5O6/c1-23(2,3)36-21(33)27-13(12-32)10-15-17(26)16-18(28-15)29-20(25)30-19(16)31(11-14-8-7-9-35-14)22(34)37-24(4,5)6/h7-9,13,32H,10-12H2,1-6H3,(H,27,33)(H,28,29,30)/t13-/m1/s1. The molecule has 0 spiro atoms. The van der Waals surface area contributed by atoms with Crippen molar-refractivity contribution in [3.05, 3.63) is 41.0 Å². The number of anilines is 1. The number of aliphatic hydroxyl groups is 1. The van der Waals surface area contributed by atoms with E-state index in [4.69, 9.17) is 25.5 Å². The second kappa shape index (κ2) is 10.9. The first kappa shape index (κ1) is 28.2. The second-order valence-electron chi connectivity index (χ2n) is 10.3. The van der Waals surface area contributed by atoms with Gasteiger partial charge in [0, 0.05) is 6.42 Å². The molecule has 11 nitrogen and oxygen atoms in total. The van der Waals surface area contributed by atoms with E-state index in [0.717, 1.165) is 4.90 Å². The van der Waals surface area contributed by atoms with E-state index < -0.39 is 41.9 Å². The number of aliphatic hydroxyl groups excluding tert-OH is 1. The number of fused-ring (bicyclic) bond motifs is 1. The summed E-state index contributed by atoms with van der Waals surface area (Å²) in [5, 5.41) is 11.9. The van der Waals surface area contributed by atoms with Gasteiger partial charge in [-0.3, -0.25) is 4.90 Å². The fraction of sp³-hybridized carbons (Fsp3) is 0.500. The number of furan rings is 1. The normalized spacial score (nSPS) is 12.9. The van der Waals surface area contributed by atoms with Gasteiger partial charge in [-0.05, 0) is 65.3 Å². The average molecular weight is 540 g/mol. The van der Waals surface area contributed by atoms with Crippen LogP contribution in [0.5, 0.6) is 0 Å². The topological polar surface area (TPSA) is 143 Å². The van der Waals surface area contributed by atoms with E-state index in [9.17, 15) is 14.7 Å². The van der Waals surface area contributed by atoms with Crippen molar-refractivity contribution in [1.29, 1.82) is 0 Å². The Bertz CT molecular complexity index is 1250. The van der Waals surface area contributed by atoms with Crippen molar-refractivity contribution in [2.75, 3.05) is 11.5 Å². The molecule has 37 heavy (non-hydrogen) atoms. The third-order valence-corrected chi connectivity index (χ3v) is 4.94. The van der Waals surface area contributed by atoms with E-state index in [1.807, 2.05) is 0 Å². The summed E-state index contributed by atoms with van der Waals surface area (Å²) in [4.78, 5) is 37.4. The Balaban J connectivity index is 2.01. The Morgan fingerprint density at radius 1 is 1.22 bits per heavy atom. The maximum absolute atomic E-state index is 15.8. The highest BCUT2D eigenvalue weighted by Crippen LogP contribution is 2.32. The highest BCUT2D eigenvalue weighted by atomic mass is 35.5. The largest absolute Gasteiger partial charge is 0.467 e. The predicted molar refractivity (Wildman–Crippen MR) is 134 cm³/mol. The number of carbonyl (C=O) groups excluding carboxylic acids is 2. The minimum absolute atomic E-state index is 0.00469. The first-order valence-corrected chi connectivity index (χ1v) is 11.9. The lowest BCUT2D eigenvalue weighted by molar-refractivity contribution is 0.0481. The number of ether oxygens (including phenoxy) is 2. The van der Waals surface area contributed by atoms with Gasteiger partial charge in [0.05, 0.1) is 36.5 Å². The monoisotopic (exact) mass is 539 g/mol. The van der Waals surface area contributed by atoms with Crippen molar-refractivity contribution in [1.82, 2.24) is 20.3 Å². The van der Waals surface area contributed by atoms with Crippen LogP contribution >= 0.6 is 11.6 Å². The smallest absolute Gasteiger partial charge is 0.416 e. The highest BCUT2D eigenvalue weighted by molar-refractivity contribution is 6.29. The van der Waals surface area contributed by atoms with Crippen LogP contribution < -0.4 is 10.2 Å². The van der Waals surface area contributed by atoms with E-state index in [2.05, 4.69) is 20.3 Å². The Morgan fingerprint density at radius 2 is 1.89 bits per heavy atom. The summed E-state index contributed by atoms with van der Waals surface area (Å²) in [6.07, 6.45) is -0.269. The summed E-state index contributed by atoms with van der Waals surface area (Å²) in [7, 11) is 0. The number of alkyl carbamates (subject to hydrolysis) is 1. The molecule has 202 valence electrons. The molecular weight excluding hydrogens is 509 g/mol. The summed E-state index contributed by atoms with van der Waals surface area (Å²) in [5.74, 6) is -0.521. The zero-order chi connectivity index (χ0) is 27.5. The summed E-state index contributed by atoms with van der Waals surface area (Å²) in [5.41, 5.74) is -1.58. The number of hydrogen-bond donors (Lipinski definition) is 3. The average Bonchev–Trinajstić information content (AvgIpc) is 3.36. The molecule has 3 heterocycles. The van der Waals surface area contributed by atoms with Gasteiger partial charge in [0.25, 0.3) is 0 Å². The number of aromatic nitrogens is 3. The molecule has 0 unspecified atom stereocenters. The third kappa shape index (κ3) is 7.56. The van der Waals surface area contributed by atoms with Crippen molar-refractivity contribution in [2.45, 2.75) is 71.8 Å². The maximum atomic E-state index is 15.8. The molecule has 3 aromatic rings. The molecule has 0 aromatic carbocycles. The number of carbonyl (C=O) groups is 2. The molecule has 0 radical (unpaired) electrons. The van der Waals surface area contributed by atoms with Crippen LogP contribution in [0.25, 0.3) is 11.0 Å². The van der Waals surface area contributed by atoms with Crippen LogP contribution in [0, 0.1) is 5.82 Å². The van der Waals surface area contributed by atoms with Crippen LogP contribution in [0.4, 0.5) is 19.8 Å². The molecule has 0 fully saturated rings. The van der Waals surface area contributed by atoms with Gasteiger partial charge in [-0.15, -0.1) is 0 Å². The Morgan fingerprint density at radius 3 is 2.46 bits per heavy atom. The van der Waals surface area contributed by atoms with Gasteiger partial charge in [-0.2, -0.15) is 9.97 Å². The van der Waals surface area contributed by atoms with E-state index in [1.165, 1.54) is 6.26 Å². The van der Waals surface area contributed by atoms with Gasteiger partial charge >= 0.3 is 12.2 Å². The SMILES string of the molecule is CC(C)(C)OC(=O)N[C@@H](CO)Cc1[nH]c2nc(Cl)nc(N(Cc3ccco3)C(=O)OC(C)(C)C)c2c1F. The molecule has 1 atom stereocenters. The van der Waals surface area contributed by atoms with E-state index in [-0.39, 0.29) is 40.8 Å². The fourth-order valence-corrected chi connectivity index (χ4v) is 3.55. The Labute approximate surface area is 218 Å². The summed E-state index contributed by atoms with van der Waals surface area (Å²) in [6.45, 7) is 9.56. The third-order valence-electron chi connectivity index (χ3n) is 4.77. The van der Waals surface area contributed by atoms with E-state index in [1.54, 1.807) is 53.7 Å². The predicted octanol–water partition coefficient (Wildman–Crippen LogP) is 4.71. The second-order valence-corrected chi connectivity index (χ2v) is 10.7. The van der Waals surface area contributed by atoms with E-state index >= 15 is 4.39 Å². The first-order valence-electron chi connectivity index (χ1n) is 11.5. The highest BCUT2D eigenvalue weighted by Gasteiger charge is 2.31. The number of halogens is 2. The summed E-state index contributed by atoms with van der Waals surface area (Å²) in [6, 6.07) is 2.41. The van der Waals surface area contributed by atoms with Gasteiger partial charge in [-0.1, -0.05) is 0 Å². The number of aromatic amines is 1. The van der Waals surface area contributed by atoms with Crippen molar-refractivity contribution >= 4 is 40.6 Å². The Hall–Kier alpha value is -3.38. The number of hydrogen-bond acceptors (Lipinski definition) is 8. The molecule has 0 aliphatic heterocycles. The molecule has 2 amide bonds. The quantitative estimate of drug-likeness (QED) is 0.366. The maximum Gasteiger partial charge on any atom is 0.416 e. The lowest BCUT2D eigenvalue weighted by atomic mass is 10.1. The Kier molecular flexibility index (Phi) is 8.33.